The molecular weight excluding hydrogens is 248 g/mol. The number of likely N-dealkylation sites (tertiary alicyclic amines) is 1. The summed E-state index contributed by atoms with van der Waals surface area (Å²) in [6, 6.07) is 5.98. The van der Waals surface area contributed by atoms with Gasteiger partial charge in [-0.3, -0.25) is 4.90 Å². The van der Waals surface area contributed by atoms with E-state index in [1.165, 1.54) is 37.9 Å². The zero-order valence-electron chi connectivity index (χ0n) is 13.1. The molecule has 1 atom stereocenters. The molecule has 3 heteroatoms. The molecule has 1 heterocycles. The SMILES string of the molecule is COc1cc(N)ccc1CN1CCCC(C(C)C)CC1. The van der Waals surface area contributed by atoms with Gasteiger partial charge in [0.2, 0.25) is 0 Å². The zero-order valence-corrected chi connectivity index (χ0v) is 13.1. The van der Waals surface area contributed by atoms with Gasteiger partial charge in [-0.05, 0) is 50.3 Å². The van der Waals surface area contributed by atoms with Crippen LogP contribution >= 0.6 is 0 Å². The van der Waals surface area contributed by atoms with Crippen molar-refractivity contribution in [3.63, 3.8) is 0 Å². The van der Waals surface area contributed by atoms with Crippen LogP contribution in [0.25, 0.3) is 0 Å². The van der Waals surface area contributed by atoms with Gasteiger partial charge < -0.3 is 10.5 Å². The van der Waals surface area contributed by atoms with Crippen molar-refractivity contribution >= 4 is 5.69 Å². The highest BCUT2D eigenvalue weighted by Crippen LogP contribution is 2.27. The van der Waals surface area contributed by atoms with E-state index in [4.69, 9.17) is 10.5 Å². The number of ether oxygens (including phenoxy) is 1. The molecule has 1 saturated heterocycles. The van der Waals surface area contributed by atoms with Crippen LogP contribution in [0.2, 0.25) is 0 Å². The molecule has 1 aliphatic heterocycles. The monoisotopic (exact) mass is 276 g/mol. The summed E-state index contributed by atoms with van der Waals surface area (Å²) in [4.78, 5) is 2.55. The molecule has 0 aromatic heterocycles. The summed E-state index contributed by atoms with van der Waals surface area (Å²) in [6.07, 6.45) is 3.99. The number of hydrogen-bond acceptors (Lipinski definition) is 3. The number of methoxy groups -OCH3 is 1. The molecule has 1 aromatic rings. The quantitative estimate of drug-likeness (QED) is 0.855. The third-order valence-electron chi connectivity index (χ3n) is 4.51. The van der Waals surface area contributed by atoms with Crippen LogP contribution in [0.15, 0.2) is 18.2 Å². The Morgan fingerprint density at radius 1 is 1.30 bits per heavy atom. The molecular formula is C17H28N2O. The van der Waals surface area contributed by atoms with Gasteiger partial charge in [-0.25, -0.2) is 0 Å². The first kappa shape index (κ1) is 15.2. The molecule has 112 valence electrons. The summed E-state index contributed by atoms with van der Waals surface area (Å²) in [6.45, 7) is 8.05. The lowest BCUT2D eigenvalue weighted by Crippen LogP contribution is -2.24. The summed E-state index contributed by atoms with van der Waals surface area (Å²) in [5.41, 5.74) is 7.82. The normalized spacial score (nSPS) is 20.9. The third-order valence-corrected chi connectivity index (χ3v) is 4.51. The second-order valence-corrected chi connectivity index (χ2v) is 6.28. The molecule has 1 unspecified atom stereocenters. The molecule has 2 N–H and O–H groups in total. The number of nitrogen functional groups attached to an aromatic ring is 1. The molecule has 20 heavy (non-hydrogen) atoms. The Morgan fingerprint density at radius 2 is 2.10 bits per heavy atom. The van der Waals surface area contributed by atoms with Crippen LogP contribution in [0.3, 0.4) is 0 Å². The number of nitrogens with zero attached hydrogens (tertiary/aromatic N) is 1. The maximum absolute atomic E-state index is 5.82. The van der Waals surface area contributed by atoms with Gasteiger partial charge >= 0.3 is 0 Å². The van der Waals surface area contributed by atoms with Gasteiger partial charge in [0.05, 0.1) is 7.11 Å². The Hall–Kier alpha value is -1.22. The molecule has 0 aliphatic carbocycles. The highest BCUT2D eigenvalue weighted by atomic mass is 16.5. The fourth-order valence-corrected chi connectivity index (χ4v) is 3.14. The van der Waals surface area contributed by atoms with Crippen molar-refractivity contribution in [1.82, 2.24) is 4.90 Å². The van der Waals surface area contributed by atoms with Gasteiger partial charge in [0.1, 0.15) is 5.75 Å². The van der Waals surface area contributed by atoms with Crippen LogP contribution in [-0.4, -0.2) is 25.1 Å². The maximum atomic E-state index is 5.82. The predicted molar refractivity (Wildman–Crippen MR) is 84.9 cm³/mol. The van der Waals surface area contributed by atoms with Crippen molar-refractivity contribution in [1.29, 1.82) is 0 Å². The maximum Gasteiger partial charge on any atom is 0.125 e. The highest BCUT2D eigenvalue weighted by molar-refractivity contribution is 5.48. The minimum Gasteiger partial charge on any atom is -0.496 e. The number of anilines is 1. The average Bonchev–Trinajstić information content (AvgIpc) is 2.66. The van der Waals surface area contributed by atoms with Gasteiger partial charge in [0.15, 0.2) is 0 Å². The van der Waals surface area contributed by atoms with Gasteiger partial charge in [0, 0.05) is 23.9 Å². The largest absolute Gasteiger partial charge is 0.496 e. The van der Waals surface area contributed by atoms with Gasteiger partial charge in [-0.2, -0.15) is 0 Å². The summed E-state index contributed by atoms with van der Waals surface area (Å²) < 4.78 is 5.45. The molecule has 0 bridgehead atoms. The molecule has 0 saturated carbocycles. The Kier molecular flexibility index (Phi) is 5.30. The number of benzene rings is 1. The van der Waals surface area contributed by atoms with Crippen LogP contribution in [0.5, 0.6) is 5.75 Å². The second kappa shape index (κ2) is 6.98. The van der Waals surface area contributed by atoms with Crippen LogP contribution in [0.1, 0.15) is 38.7 Å². The number of rotatable bonds is 4. The van der Waals surface area contributed by atoms with Crippen LogP contribution in [0, 0.1) is 11.8 Å². The summed E-state index contributed by atoms with van der Waals surface area (Å²) >= 11 is 0. The number of nitrogens with two attached hydrogens (primary N) is 1. The van der Waals surface area contributed by atoms with Gasteiger partial charge in [-0.15, -0.1) is 0 Å². The minimum absolute atomic E-state index is 0.765. The van der Waals surface area contributed by atoms with E-state index in [9.17, 15) is 0 Å². The molecule has 1 fully saturated rings. The Morgan fingerprint density at radius 3 is 2.80 bits per heavy atom. The zero-order chi connectivity index (χ0) is 14.5. The fourth-order valence-electron chi connectivity index (χ4n) is 3.14. The first-order valence-corrected chi connectivity index (χ1v) is 7.75. The van der Waals surface area contributed by atoms with E-state index in [0.717, 1.165) is 29.8 Å². The molecule has 1 aliphatic rings. The van der Waals surface area contributed by atoms with Crippen molar-refractivity contribution in [2.24, 2.45) is 11.8 Å². The lowest BCUT2D eigenvalue weighted by molar-refractivity contribution is 0.260. The molecule has 2 rings (SSSR count). The highest BCUT2D eigenvalue weighted by Gasteiger charge is 2.20. The van der Waals surface area contributed by atoms with E-state index in [2.05, 4.69) is 24.8 Å². The Balaban J connectivity index is 2.00. The molecule has 0 spiro atoms. The van der Waals surface area contributed by atoms with Crippen molar-refractivity contribution in [2.75, 3.05) is 25.9 Å². The van der Waals surface area contributed by atoms with Crippen LogP contribution in [-0.2, 0) is 6.54 Å². The van der Waals surface area contributed by atoms with Crippen LogP contribution < -0.4 is 10.5 Å². The molecule has 3 nitrogen and oxygen atoms in total. The van der Waals surface area contributed by atoms with Gasteiger partial charge in [0.25, 0.3) is 0 Å². The van der Waals surface area contributed by atoms with Crippen molar-refractivity contribution < 1.29 is 4.74 Å². The van der Waals surface area contributed by atoms with Crippen LogP contribution in [0.4, 0.5) is 5.69 Å². The average molecular weight is 276 g/mol. The summed E-state index contributed by atoms with van der Waals surface area (Å²) in [7, 11) is 1.72. The topological polar surface area (TPSA) is 38.5 Å². The second-order valence-electron chi connectivity index (χ2n) is 6.28. The van der Waals surface area contributed by atoms with Crippen molar-refractivity contribution in [3.8, 4) is 5.75 Å². The molecule has 0 radical (unpaired) electrons. The smallest absolute Gasteiger partial charge is 0.125 e. The Labute approximate surface area is 123 Å². The molecule has 0 amide bonds. The van der Waals surface area contributed by atoms with E-state index in [0.29, 0.717) is 0 Å². The van der Waals surface area contributed by atoms with E-state index in [1.807, 2.05) is 12.1 Å². The van der Waals surface area contributed by atoms with Gasteiger partial charge in [-0.1, -0.05) is 19.9 Å². The summed E-state index contributed by atoms with van der Waals surface area (Å²) in [5, 5.41) is 0. The number of hydrogen-bond donors (Lipinski definition) is 1. The lowest BCUT2D eigenvalue weighted by Gasteiger charge is -2.22. The molecule has 1 aromatic carbocycles. The first-order chi connectivity index (χ1) is 9.60. The van der Waals surface area contributed by atoms with E-state index in [1.54, 1.807) is 7.11 Å². The summed E-state index contributed by atoms with van der Waals surface area (Å²) in [5.74, 6) is 2.60. The van der Waals surface area contributed by atoms with E-state index >= 15 is 0 Å². The fraction of sp³-hybridized carbons (Fsp3) is 0.647. The minimum atomic E-state index is 0.765. The third kappa shape index (κ3) is 3.89. The standard InChI is InChI=1S/C17H28N2O/c1-13(2)14-5-4-9-19(10-8-14)12-15-6-7-16(18)11-17(15)20-3/h6-7,11,13-14H,4-5,8-10,12,18H2,1-3H3. The van der Waals surface area contributed by atoms with E-state index < -0.39 is 0 Å². The van der Waals surface area contributed by atoms with Crippen molar-refractivity contribution in [2.45, 2.75) is 39.7 Å². The lowest BCUT2D eigenvalue weighted by atomic mass is 9.89. The Bertz CT molecular complexity index is 431. The predicted octanol–water partition coefficient (Wildman–Crippen LogP) is 3.54. The van der Waals surface area contributed by atoms with Crippen molar-refractivity contribution in [3.05, 3.63) is 23.8 Å². The first-order valence-electron chi connectivity index (χ1n) is 7.75. The van der Waals surface area contributed by atoms with E-state index in [-0.39, 0.29) is 0 Å².